The molecule has 0 aliphatic heterocycles. The summed E-state index contributed by atoms with van der Waals surface area (Å²) in [6.45, 7) is 2.81. The van der Waals surface area contributed by atoms with Crippen molar-refractivity contribution in [3.63, 3.8) is 0 Å². The van der Waals surface area contributed by atoms with Gasteiger partial charge in [0.25, 0.3) is 15.6 Å². The summed E-state index contributed by atoms with van der Waals surface area (Å²) in [7, 11) is -2.60. The predicted octanol–water partition coefficient (Wildman–Crippen LogP) is 5.68. The van der Waals surface area contributed by atoms with Crippen molar-refractivity contribution in [1.82, 2.24) is 9.36 Å². The molecule has 1 aliphatic carbocycles. The van der Waals surface area contributed by atoms with Gasteiger partial charge in [0.1, 0.15) is 5.69 Å². The Labute approximate surface area is 251 Å². The van der Waals surface area contributed by atoms with E-state index in [4.69, 9.17) is 4.74 Å². The average Bonchev–Trinajstić information content (AvgIpc) is 3.23. The van der Waals surface area contributed by atoms with Gasteiger partial charge in [-0.25, -0.2) is 17.9 Å². The molecule has 1 heterocycles. The first-order valence-electron chi connectivity index (χ1n) is 14.3. The molecule has 0 unspecified atom stereocenters. The van der Waals surface area contributed by atoms with Crippen molar-refractivity contribution in [1.29, 1.82) is 0 Å². The average molecular weight is 602 g/mol. The van der Waals surface area contributed by atoms with Crippen LogP contribution in [0.3, 0.4) is 0 Å². The molecule has 1 aromatic heterocycles. The molecule has 1 N–H and O–H groups in total. The number of carbonyl (C=O) groups excluding carboxylic acids is 2. The lowest BCUT2D eigenvalue weighted by Gasteiger charge is -2.22. The first-order chi connectivity index (χ1) is 20.6. The molecule has 1 aliphatic rings. The summed E-state index contributed by atoms with van der Waals surface area (Å²) in [4.78, 5) is 38.7. The van der Waals surface area contributed by atoms with E-state index >= 15 is 0 Å². The van der Waals surface area contributed by atoms with Gasteiger partial charge in [0.05, 0.1) is 21.8 Å². The van der Waals surface area contributed by atoms with Gasteiger partial charge in [-0.3, -0.25) is 19.0 Å². The number of Topliss-reactive ketones (excluding diaryl/α,β-unsaturated/α-hetero) is 1. The highest BCUT2D eigenvalue weighted by atomic mass is 32.2. The molecule has 1 fully saturated rings. The van der Waals surface area contributed by atoms with Gasteiger partial charge in [0.15, 0.2) is 12.4 Å². The fraction of sp³-hybridized carbons (Fsp3) is 0.303. The van der Waals surface area contributed by atoms with E-state index in [2.05, 4.69) is 4.72 Å². The highest BCUT2D eigenvalue weighted by Gasteiger charge is 2.25. The summed E-state index contributed by atoms with van der Waals surface area (Å²) in [5, 5.41) is 0. The highest BCUT2D eigenvalue weighted by Crippen LogP contribution is 2.32. The summed E-state index contributed by atoms with van der Waals surface area (Å²) >= 11 is 0. The Morgan fingerprint density at radius 3 is 2.28 bits per heavy atom. The maximum atomic E-state index is 13.4. The maximum Gasteiger partial charge on any atom is 0.338 e. The van der Waals surface area contributed by atoms with Crippen LogP contribution in [0.5, 0.6) is 0 Å². The van der Waals surface area contributed by atoms with Gasteiger partial charge in [-0.05, 0) is 68.0 Å². The molecule has 43 heavy (non-hydrogen) atoms. The van der Waals surface area contributed by atoms with Crippen LogP contribution in [-0.2, 0) is 21.8 Å². The Kier molecular flexibility index (Phi) is 8.68. The lowest BCUT2D eigenvalue weighted by atomic mass is 9.84. The Balaban J connectivity index is 1.30. The molecule has 4 aromatic rings. The van der Waals surface area contributed by atoms with Crippen LogP contribution in [0.4, 0.5) is 5.69 Å². The van der Waals surface area contributed by atoms with E-state index < -0.39 is 28.2 Å². The third kappa shape index (κ3) is 6.34. The fourth-order valence-corrected chi connectivity index (χ4v) is 6.68. The van der Waals surface area contributed by atoms with Crippen molar-refractivity contribution in [3.05, 3.63) is 111 Å². The fourth-order valence-electron chi connectivity index (χ4n) is 5.54. The first-order valence-corrected chi connectivity index (χ1v) is 15.8. The van der Waals surface area contributed by atoms with Crippen molar-refractivity contribution >= 4 is 27.5 Å². The molecular weight excluding hydrogens is 566 g/mol. The van der Waals surface area contributed by atoms with Crippen molar-refractivity contribution in [2.45, 2.75) is 56.8 Å². The van der Waals surface area contributed by atoms with Crippen molar-refractivity contribution < 1.29 is 22.7 Å². The number of aromatic nitrogens is 2. The number of nitrogens with zero attached hydrogens (tertiary/aromatic N) is 2. The Bertz CT molecular complexity index is 1820. The molecule has 0 atom stereocenters. The molecule has 5 rings (SSSR count). The zero-order chi connectivity index (χ0) is 30.7. The second-order valence-corrected chi connectivity index (χ2v) is 12.7. The SMILES string of the molecule is Cc1ccc(S(=O)(=O)Nc2c(C)n(C)n(-c3ccccc3)c2=O)cc1C(=O)OCC(=O)c1ccc(C2CCCCC2)cc1. The molecule has 224 valence electrons. The van der Waals surface area contributed by atoms with Gasteiger partial charge >= 0.3 is 5.97 Å². The van der Waals surface area contributed by atoms with Gasteiger partial charge in [-0.2, -0.15) is 0 Å². The van der Waals surface area contributed by atoms with Crippen LogP contribution >= 0.6 is 0 Å². The summed E-state index contributed by atoms with van der Waals surface area (Å²) in [6.07, 6.45) is 6.03. The number of esters is 1. The van der Waals surface area contributed by atoms with Gasteiger partial charge in [0.2, 0.25) is 0 Å². The second kappa shape index (κ2) is 12.4. The minimum Gasteiger partial charge on any atom is -0.454 e. The number of nitrogens with one attached hydrogen (secondary N) is 1. The number of sulfonamides is 1. The number of hydrogen-bond donors (Lipinski definition) is 1. The van der Waals surface area contributed by atoms with Gasteiger partial charge in [-0.1, -0.05) is 67.8 Å². The van der Waals surface area contributed by atoms with E-state index in [1.165, 1.54) is 47.7 Å². The number of benzene rings is 3. The van der Waals surface area contributed by atoms with Crippen molar-refractivity contribution in [3.8, 4) is 5.69 Å². The smallest absolute Gasteiger partial charge is 0.338 e. The molecule has 0 radical (unpaired) electrons. The third-order valence-electron chi connectivity index (χ3n) is 8.17. The van der Waals surface area contributed by atoms with E-state index in [1.807, 2.05) is 18.2 Å². The largest absolute Gasteiger partial charge is 0.454 e. The van der Waals surface area contributed by atoms with Gasteiger partial charge in [-0.15, -0.1) is 0 Å². The number of para-hydroxylation sites is 1. The zero-order valence-corrected chi connectivity index (χ0v) is 25.3. The van der Waals surface area contributed by atoms with Crippen LogP contribution in [0.15, 0.2) is 82.5 Å². The minimum absolute atomic E-state index is 0.00908. The van der Waals surface area contributed by atoms with E-state index in [1.54, 1.807) is 62.0 Å². The predicted molar refractivity (Wildman–Crippen MR) is 165 cm³/mol. The van der Waals surface area contributed by atoms with Crippen LogP contribution in [0, 0.1) is 13.8 Å². The quantitative estimate of drug-likeness (QED) is 0.195. The normalized spacial score (nSPS) is 13.9. The number of aryl methyl sites for hydroxylation is 1. The number of ketones is 1. The zero-order valence-electron chi connectivity index (χ0n) is 24.5. The Hall–Kier alpha value is -4.44. The molecule has 0 bridgehead atoms. The topological polar surface area (TPSA) is 116 Å². The van der Waals surface area contributed by atoms with Crippen LogP contribution in [0.2, 0.25) is 0 Å². The Morgan fingerprint density at radius 2 is 1.60 bits per heavy atom. The molecule has 10 heteroatoms. The lowest BCUT2D eigenvalue weighted by Crippen LogP contribution is -2.23. The molecular formula is C33H35N3O6S. The second-order valence-electron chi connectivity index (χ2n) is 11.0. The van der Waals surface area contributed by atoms with Gasteiger partial charge < -0.3 is 4.74 Å². The van der Waals surface area contributed by atoms with Gasteiger partial charge in [0, 0.05) is 12.6 Å². The molecule has 3 aromatic carbocycles. The molecule has 0 amide bonds. The molecule has 9 nitrogen and oxygen atoms in total. The summed E-state index contributed by atoms with van der Waals surface area (Å²) in [5.74, 6) is -0.641. The third-order valence-corrected chi connectivity index (χ3v) is 9.52. The first kappa shape index (κ1) is 30.0. The number of hydrogen-bond acceptors (Lipinski definition) is 6. The van der Waals surface area contributed by atoms with Crippen LogP contribution in [-0.4, -0.2) is 36.1 Å². The number of rotatable bonds is 9. The van der Waals surface area contributed by atoms with E-state index in [9.17, 15) is 22.8 Å². The Morgan fingerprint density at radius 1 is 0.930 bits per heavy atom. The maximum absolute atomic E-state index is 13.4. The minimum atomic E-state index is -4.26. The summed E-state index contributed by atoms with van der Waals surface area (Å²) < 4.78 is 37.4. The summed E-state index contributed by atoms with van der Waals surface area (Å²) in [5.41, 5.74) is 2.52. The van der Waals surface area contributed by atoms with E-state index in [-0.39, 0.29) is 21.9 Å². The monoisotopic (exact) mass is 601 g/mol. The summed E-state index contributed by atoms with van der Waals surface area (Å²) in [6, 6.07) is 20.4. The van der Waals surface area contributed by atoms with Crippen molar-refractivity contribution in [2.24, 2.45) is 7.05 Å². The van der Waals surface area contributed by atoms with Crippen LogP contribution in [0.1, 0.15) is 75.6 Å². The van der Waals surface area contributed by atoms with Crippen LogP contribution in [0.25, 0.3) is 5.69 Å². The number of anilines is 1. The number of carbonyl (C=O) groups is 2. The van der Waals surface area contributed by atoms with E-state index in [0.29, 0.717) is 28.4 Å². The molecule has 1 saturated carbocycles. The molecule has 0 spiro atoms. The number of ether oxygens (including phenoxy) is 1. The van der Waals surface area contributed by atoms with E-state index in [0.717, 1.165) is 12.8 Å². The standard InChI is InChI=1S/C33H35N3O6S/c1-22-14-19-28(43(40,41)34-31-23(2)35(3)36(32(31)38)27-12-8-5-9-13-27)20-29(22)33(39)42-21-30(37)26-17-15-25(16-18-26)24-10-6-4-7-11-24/h5,8-9,12-20,24,34H,4,6-7,10-11,21H2,1-3H3. The van der Waals surface area contributed by atoms with Crippen LogP contribution < -0.4 is 10.3 Å². The van der Waals surface area contributed by atoms with Crippen molar-refractivity contribution in [2.75, 3.05) is 11.3 Å². The molecule has 0 saturated heterocycles. The lowest BCUT2D eigenvalue weighted by molar-refractivity contribution is 0.0473. The highest BCUT2D eigenvalue weighted by molar-refractivity contribution is 7.92.